The molecule has 0 saturated heterocycles. The van der Waals surface area contributed by atoms with E-state index in [1.54, 1.807) is 12.4 Å². The summed E-state index contributed by atoms with van der Waals surface area (Å²) < 4.78 is 9.26. The molecule has 1 N–H and O–H groups in total. The van der Waals surface area contributed by atoms with E-state index in [0.29, 0.717) is 0 Å². The minimum atomic E-state index is 0.768. The van der Waals surface area contributed by atoms with E-state index in [4.69, 9.17) is 4.74 Å². The highest BCUT2D eigenvalue weighted by Crippen LogP contribution is 2.08. The second-order valence-electron chi connectivity index (χ2n) is 4.30. The van der Waals surface area contributed by atoms with Gasteiger partial charge in [0.05, 0.1) is 12.2 Å². The van der Waals surface area contributed by atoms with Crippen LogP contribution in [0.15, 0.2) is 24.7 Å². The number of nitrogens with zero attached hydrogens (tertiary/aromatic N) is 4. The normalized spacial score (nSPS) is 10.8. The molecular weight excluding hydrogens is 242 g/mol. The van der Waals surface area contributed by atoms with Crippen molar-refractivity contribution in [3.63, 3.8) is 0 Å². The van der Waals surface area contributed by atoms with E-state index in [-0.39, 0.29) is 0 Å². The maximum atomic E-state index is 5.31. The Morgan fingerprint density at radius 1 is 1.37 bits per heavy atom. The topological polar surface area (TPSA) is 56.9 Å². The fourth-order valence-electron chi connectivity index (χ4n) is 1.85. The van der Waals surface area contributed by atoms with Crippen LogP contribution in [0.1, 0.15) is 19.0 Å². The van der Waals surface area contributed by atoms with Gasteiger partial charge in [0.15, 0.2) is 0 Å². The van der Waals surface area contributed by atoms with Crippen LogP contribution in [0.2, 0.25) is 0 Å². The molecule has 0 spiro atoms. The molecule has 0 radical (unpaired) electrons. The third-order valence-electron chi connectivity index (χ3n) is 2.92. The Morgan fingerprint density at radius 3 is 3.00 bits per heavy atom. The SMILES string of the molecule is CCOCCCNc1nccn1Cc1ccnn1C. The van der Waals surface area contributed by atoms with E-state index in [1.807, 2.05) is 30.9 Å². The van der Waals surface area contributed by atoms with Crippen molar-refractivity contribution in [3.05, 3.63) is 30.4 Å². The summed E-state index contributed by atoms with van der Waals surface area (Å²) in [5.41, 5.74) is 1.15. The number of ether oxygens (including phenoxy) is 1. The summed E-state index contributed by atoms with van der Waals surface area (Å²) >= 11 is 0. The smallest absolute Gasteiger partial charge is 0.203 e. The molecule has 0 unspecified atom stereocenters. The standard InChI is InChI=1S/C13H21N5O/c1-3-19-10-4-6-14-13-15-8-9-18(13)11-12-5-7-16-17(12)2/h5,7-9H,3-4,6,10-11H2,1-2H3,(H,14,15). The second kappa shape index (κ2) is 6.94. The van der Waals surface area contributed by atoms with Crippen molar-refractivity contribution in [3.8, 4) is 0 Å². The van der Waals surface area contributed by atoms with Crippen LogP contribution in [0.5, 0.6) is 0 Å². The van der Waals surface area contributed by atoms with Gasteiger partial charge in [-0.25, -0.2) is 4.98 Å². The van der Waals surface area contributed by atoms with Gasteiger partial charge in [-0.1, -0.05) is 0 Å². The maximum absolute atomic E-state index is 5.31. The molecule has 0 bridgehead atoms. The van der Waals surface area contributed by atoms with Crippen molar-refractivity contribution >= 4 is 5.95 Å². The quantitative estimate of drug-likeness (QED) is 0.733. The molecule has 0 amide bonds. The highest BCUT2D eigenvalue weighted by atomic mass is 16.5. The first-order valence-electron chi connectivity index (χ1n) is 6.61. The van der Waals surface area contributed by atoms with Gasteiger partial charge in [-0.15, -0.1) is 0 Å². The number of nitrogens with one attached hydrogen (secondary N) is 1. The van der Waals surface area contributed by atoms with Crippen LogP contribution in [-0.2, 0) is 18.3 Å². The van der Waals surface area contributed by atoms with E-state index in [9.17, 15) is 0 Å². The summed E-state index contributed by atoms with van der Waals surface area (Å²) in [4.78, 5) is 4.33. The number of anilines is 1. The van der Waals surface area contributed by atoms with E-state index in [1.165, 1.54) is 0 Å². The van der Waals surface area contributed by atoms with Crippen molar-refractivity contribution in [2.24, 2.45) is 7.05 Å². The molecule has 0 aliphatic heterocycles. The lowest BCUT2D eigenvalue weighted by Crippen LogP contribution is -2.12. The minimum absolute atomic E-state index is 0.768. The third kappa shape index (κ3) is 3.82. The van der Waals surface area contributed by atoms with Gasteiger partial charge in [0, 0.05) is 45.4 Å². The molecule has 0 saturated carbocycles. The molecule has 0 fully saturated rings. The molecule has 0 aromatic carbocycles. The van der Waals surface area contributed by atoms with Crippen LogP contribution in [0.25, 0.3) is 0 Å². The monoisotopic (exact) mass is 263 g/mol. The van der Waals surface area contributed by atoms with E-state index < -0.39 is 0 Å². The Balaban J connectivity index is 1.85. The zero-order valence-electron chi connectivity index (χ0n) is 11.5. The largest absolute Gasteiger partial charge is 0.382 e. The summed E-state index contributed by atoms with van der Waals surface area (Å²) in [5.74, 6) is 0.887. The molecule has 2 rings (SSSR count). The van der Waals surface area contributed by atoms with Gasteiger partial charge in [0.1, 0.15) is 0 Å². The zero-order valence-corrected chi connectivity index (χ0v) is 11.5. The number of hydrogen-bond donors (Lipinski definition) is 1. The van der Waals surface area contributed by atoms with Gasteiger partial charge < -0.3 is 14.6 Å². The number of hydrogen-bond acceptors (Lipinski definition) is 4. The average Bonchev–Trinajstić information content (AvgIpc) is 3.00. The van der Waals surface area contributed by atoms with Crippen LogP contribution in [0.4, 0.5) is 5.95 Å². The lowest BCUT2D eigenvalue weighted by molar-refractivity contribution is 0.147. The molecule has 0 aliphatic carbocycles. The molecule has 2 heterocycles. The third-order valence-corrected chi connectivity index (χ3v) is 2.92. The van der Waals surface area contributed by atoms with Crippen molar-refractivity contribution < 1.29 is 4.74 Å². The fourth-order valence-corrected chi connectivity index (χ4v) is 1.85. The molecule has 6 heteroatoms. The van der Waals surface area contributed by atoms with Gasteiger partial charge in [-0.05, 0) is 19.4 Å². The summed E-state index contributed by atoms with van der Waals surface area (Å²) in [6.07, 6.45) is 6.56. The number of imidazole rings is 1. The van der Waals surface area contributed by atoms with Crippen LogP contribution >= 0.6 is 0 Å². The average molecular weight is 263 g/mol. The first kappa shape index (κ1) is 13.6. The molecule has 104 valence electrons. The van der Waals surface area contributed by atoms with Crippen LogP contribution in [0, 0.1) is 0 Å². The van der Waals surface area contributed by atoms with Gasteiger partial charge in [0.25, 0.3) is 0 Å². The molecule has 2 aromatic heterocycles. The van der Waals surface area contributed by atoms with Crippen LogP contribution < -0.4 is 5.32 Å². The first-order valence-corrected chi connectivity index (χ1v) is 6.61. The zero-order chi connectivity index (χ0) is 13.5. The summed E-state index contributed by atoms with van der Waals surface area (Å²) in [6.45, 7) is 5.20. The second-order valence-corrected chi connectivity index (χ2v) is 4.30. The van der Waals surface area contributed by atoms with Crippen molar-refractivity contribution in [2.45, 2.75) is 19.9 Å². The van der Waals surface area contributed by atoms with E-state index in [0.717, 1.165) is 44.4 Å². The lowest BCUT2D eigenvalue weighted by atomic mass is 10.4. The Labute approximate surface area is 113 Å². The molecule has 19 heavy (non-hydrogen) atoms. The Bertz CT molecular complexity index is 491. The molecule has 2 aromatic rings. The van der Waals surface area contributed by atoms with Crippen molar-refractivity contribution in [2.75, 3.05) is 25.1 Å². The van der Waals surface area contributed by atoms with Crippen molar-refractivity contribution in [1.29, 1.82) is 0 Å². The lowest BCUT2D eigenvalue weighted by Gasteiger charge is -2.10. The number of aromatic nitrogens is 4. The van der Waals surface area contributed by atoms with Crippen LogP contribution in [0.3, 0.4) is 0 Å². The maximum Gasteiger partial charge on any atom is 0.203 e. The van der Waals surface area contributed by atoms with Gasteiger partial charge in [0.2, 0.25) is 5.95 Å². The molecule has 6 nitrogen and oxygen atoms in total. The number of rotatable bonds is 8. The van der Waals surface area contributed by atoms with Crippen LogP contribution in [-0.4, -0.2) is 39.1 Å². The molecule has 0 atom stereocenters. The summed E-state index contributed by atoms with van der Waals surface area (Å²) in [6, 6.07) is 2.01. The van der Waals surface area contributed by atoms with E-state index in [2.05, 4.69) is 20.0 Å². The Hall–Kier alpha value is -1.82. The predicted molar refractivity (Wildman–Crippen MR) is 74.1 cm³/mol. The fraction of sp³-hybridized carbons (Fsp3) is 0.538. The number of aryl methyl sites for hydroxylation is 1. The Morgan fingerprint density at radius 2 is 2.26 bits per heavy atom. The van der Waals surface area contributed by atoms with Crippen molar-refractivity contribution in [1.82, 2.24) is 19.3 Å². The highest BCUT2D eigenvalue weighted by Gasteiger charge is 2.05. The first-order chi connectivity index (χ1) is 9.31. The van der Waals surface area contributed by atoms with Gasteiger partial charge in [-0.3, -0.25) is 4.68 Å². The van der Waals surface area contributed by atoms with Gasteiger partial charge in [-0.2, -0.15) is 5.10 Å². The van der Waals surface area contributed by atoms with E-state index >= 15 is 0 Å². The molecular formula is C13H21N5O. The minimum Gasteiger partial charge on any atom is -0.382 e. The van der Waals surface area contributed by atoms with Gasteiger partial charge >= 0.3 is 0 Å². The highest BCUT2D eigenvalue weighted by molar-refractivity contribution is 5.26. The summed E-state index contributed by atoms with van der Waals surface area (Å²) in [7, 11) is 1.95. The predicted octanol–water partition coefficient (Wildman–Crippen LogP) is 1.50. The molecule has 0 aliphatic rings. The summed E-state index contributed by atoms with van der Waals surface area (Å²) in [5, 5.41) is 7.49. The Kier molecular flexibility index (Phi) is 4.97.